The lowest BCUT2D eigenvalue weighted by Gasteiger charge is -2.30. The van der Waals surface area contributed by atoms with Crippen molar-refractivity contribution in [2.24, 2.45) is 5.92 Å². The standard InChI is InChI=1S/C20H26N2O.C4H4O4/c1-3-22(20(23)15-16-11-13-21(2)14-12-16)19-10-6-8-17-7-4-5-9-18(17)19;5-3(6)1-2-4(7)8/h4-10,16H,3,11-15H2,1-2H3;1-2H,(H,5,6)(H,7,8)/b;2-1+. The van der Waals surface area contributed by atoms with Gasteiger partial charge in [0.05, 0.1) is 5.69 Å². The minimum absolute atomic E-state index is 0.262. The second-order valence-corrected chi connectivity index (χ2v) is 7.60. The molecule has 0 spiro atoms. The zero-order valence-corrected chi connectivity index (χ0v) is 18.0. The molecular formula is C24H30N2O5. The highest BCUT2D eigenvalue weighted by Gasteiger charge is 2.23. The van der Waals surface area contributed by atoms with Gasteiger partial charge in [0.25, 0.3) is 0 Å². The smallest absolute Gasteiger partial charge is 0.328 e. The molecule has 2 N–H and O–H groups in total. The van der Waals surface area contributed by atoms with E-state index in [9.17, 15) is 14.4 Å². The minimum atomic E-state index is -1.26. The number of hydrogen-bond acceptors (Lipinski definition) is 4. The zero-order chi connectivity index (χ0) is 22.8. The van der Waals surface area contributed by atoms with E-state index in [4.69, 9.17) is 10.2 Å². The van der Waals surface area contributed by atoms with Crippen molar-refractivity contribution < 1.29 is 24.6 Å². The molecular weight excluding hydrogens is 396 g/mol. The van der Waals surface area contributed by atoms with E-state index in [-0.39, 0.29) is 5.91 Å². The molecule has 166 valence electrons. The second-order valence-electron chi connectivity index (χ2n) is 7.60. The van der Waals surface area contributed by atoms with Gasteiger partial charge in [-0.3, -0.25) is 4.79 Å². The van der Waals surface area contributed by atoms with Gasteiger partial charge in [0.2, 0.25) is 5.91 Å². The van der Waals surface area contributed by atoms with Gasteiger partial charge < -0.3 is 20.0 Å². The summed E-state index contributed by atoms with van der Waals surface area (Å²) in [5, 5.41) is 18.0. The number of piperidine rings is 1. The molecule has 1 saturated heterocycles. The molecule has 0 aliphatic carbocycles. The van der Waals surface area contributed by atoms with Gasteiger partial charge in [-0.05, 0) is 57.3 Å². The third kappa shape index (κ3) is 7.53. The van der Waals surface area contributed by atoms with Crippen molar-refractivity contribution in [3.63, 3.8) is 0 Å². The molecule has 2 aromatic rings. The van der Waals surface area contributed by atoms with E-state index >= 15 is 0 Å². The van der Waals surface area contributed by atoms with Crippen LogP contribution in [0.2, 0.25) is 0 Å². The normalized spacial score (nSPS) is 14.8. The van der Waals surface area contributed by atoms with E-state index < -0.39 is 11.9 Å². The molecule has 1 heterocycles. The highest BCUT2D eigenvalue weighted by atomic mass is 16.4. The van der Waals surface area contributed by atoms with Crippen LogP contribution in [0.25, 0.3) is 10.8 Å². The van der Waals surface area contributed by atoms with Crippen LogP contribution < -0.4 is 4.90 Å². The molecule has 3 rings (SSSR count). The van der Waals surface area contributed by atoms with Crippen LogP contribution in [0.1, 0.15) is 26.2 Å². The summed E-state index contributed by atoms with van der Waals surface area (Å²) >= 11 is 0. The van der Waals surface area contributed by atoms with Crippen molar-refractivity contribution in [1.82, 2.24) is 4.90 Å². The lowest BCUT2D eigenvalue weighted by Crippen LogP contribution is -2.36. The van der Waals surface area contributed by atoms with Crippen LogP contribution in [0.15, 0.2) is 54.6 Å². The number of benzene rings is 2. The Labute approximate surface area is 182 Å². The van der Waals surface area contributed by atoms with Crippen molar-refractivity contribution in [3.8, 4) is 0 Å². The van der Waals surface area contributed by atoms with E-state index in [0.29, 0.717) is 24.5 Å². The second kappa shape index (κ2) is 11.9. The van der Waals surface area contributed by atoms with Crippen molar-refractivity contribution in [3.05, 3.63) is 54.6 Å². The molecule has 1 aliphatic rings. The zero-order valence-electron chi connectivity index (χ0n) is 18.0. The van der Waals surface area contributed by atoms with Gasteiger partial charge in [0, 0.05) is 30.5 Å². The highest BCUT2D eigenvalue weighted by Crippen LogP contribution is 2.28. The number of rotatable bonds is 6. The predicted octanol–water partition coefficient (Wildman–Crippen LogP) is 3.64. The molecule has 1 amide bonds. The number of carboxylic acids is 2. The third-order valence-corrected chi connectivity index (χ3v) is 5.34. The van der Waals surface area contributed by atoms with E-state index in [1.807, 2.05) is 23.1 Å². The number of hydrogen-bond donors (Lipinski definition) is 2. The average Bonchev–Trinajstić information content (AvgIpc) is 2.75. The first-order valence-corrected chi connectivity index (χ1v) is 10.4. The van der Waals surface area contributed by atoms with Crippen molar-refractivity contribution in [1.29, 1.82) is 0 Å². The van der Waals surface area contributed by atoms with E-state index in [0.717, 1.165) is 43.5 Å². The summed E-state index contributed by atoms with van der Waals surface area (Å²) < 4.78 is 0. The van der Waals surface area contributed by atoms with Gasteiger partial charge in [-0.25, -0.2) is 9.59 Å². The number of amides is 1. The Balaban J connectivity index is 0.000000366. The lowest BCUT2D eigenvalue weighted by atomic mass is 9.93. The monoisotopic (exact) mass is 426 g/mol. The maximum Gasteiger partial charge on any atom is 0.328 e. The number of likely N-dealkylation sites (tertiary alicyclic amines) is 1. The van der Waals surface area contributed by atoms with E-state index in [1.165, 1.54) is 5.39 Å². The fourth-order valence-corrected chi connectivity index (χ4v) is 3.69. The van der Waals surface area contributed by atoms with Gasteiger partial charge in [-0.1, -0.05) is 36.4 Å². The average molecular weight is 427 g/mol. The molecule has 1 fully saturated rings. The topological polar surface area (TPSA) is 98.2 Å². The number of nitrogens with zero attached hydrogens (tertiary/aromatic N) is 2. The first kappa shape index (κ1) is 24.1. The number of carbonyl (C=O) groups excluding carboxylic acids is 1. The Kier molecular flexibility index (Phi) is 9.21. The summed E-state index contributed by atoms with van der Waals surface area (Å²) in [5.41, 5.74) is 1.04. The van der Waals surface area contributed by atoms with Crippen LogP contribution in [0.3, 0.4) is 0 Å². The van der Waals surface area contributed by atoms with Crippen LogP contribution in [0.5, 0.6) is 0 Å². The summed E-state index contributed by atoms with van der Waals surface area (Å²) in [6.07, 6.45) is 4.06. The van der Waals surface area contributed by atoms with Crippen LogP contribution in [-0.4, -0.2) is 59.6 Å². The summed E-state index contributed by atoms with van der Waals surface area (Å²) in [5.74, 6) is -1.72. The molecule has 0 saturated carbocycles. The van der Waals surface area contributed by atoms with Gasteiger partial charge in [0.1, 0.15) is 0 Å². The van der Waals surface area contributed by atoms with Gasteiger partial charge in [-0.15, -0.1) is 0 Å². The van der Waals surface area contributed by atoms with Crippen LogP contribution in [-0.2, 0) is 14.4 Å². The number of aliphatic carboxylic acids is 2. The fraction of sp³-hybridized carbons (Fsp3) is 0.375. The fourth-order valence-electron chi connectivity index (χ4n) is 3.69. The summed E-state index contributed by atoms with van der Waals surface area (Å²) in [7, 11) is 2.16. The number of carbonyl (C=O) groups is 3. The number of anilines is 1. The van der Waals surface area contributed by atoms with E-state index in [2.05, 4.69) is 43.1 Å². The molecule has 2 aromatic carbocycles. The lowest BCUT2D eigenvalue weighted by molar-refractivity contribution is -0.134. The molecule has 0 bridgehead atoms. The first-order valence-electron chi connectivity index (χ1n) is 10.4. The Morgan fingerprint density at radius 1 is 1.00 bits per heavy atom. The highest BCUT2D eigenvalue weighted by molar-refractivity contribution is 6.03. The SMILES string of the molecule is CCN(C(=O)CC1CCN(C)CC1)c1cccc2ccccc12.O=C(O)/C=C/C(=O)O. The van der Waals surface area contributed by atoms with E-state index in [1.54, 1.807) is 0 Å². The Morgan fingerprint density at radius 3 is 2.16 bits per heavy atom. The summed E-state index contributed by atoms with van der Waals surface area (Å²) in [6.45, 7) is 5.00. The predicted molar refractivity (Wildman–Crippen MR) is 121 cm³/mol. The Morgan fingerprint density at radius 2 is 1.58 bits per heavy atom. The van der Waals surface area contributed by atoms with Gasteiger partial charge in [0.15, 0.2) is 0 Å². The van der Waals surface area contributed by atoms with Crippen molar-refractivity contribution >= 4 is 34.3 Å². The largest absolute Gasteiger partial charge is 0.478 e. The van der Waals surface area contributed by atoms with Crippen LogP contribution in [0.4, 0.5) is 5.69 Å². The Bertz CT molecular complexity index is 911. The molecule has 0 aromatic heterocycles. The maximum atomic E-state index is 12.9. The van der Waals surface area contributed by atoms with Crippen LogP contribution >= 0.6 is 0 Å². The van der Waals surface area contributed by atoms with Crippen molar-refractivity contribution in [2.45, 2.75) is 26.2 Å². The summed E-state index contributed by atoms with van der Waals surface area (Å²) in [4.78, 5) is 36.3. The third-order valence-electron chi connectivity index (χ3n) is 5.34. The minimum Gasteiger partial charge on any atom is -0.478 e. The molecule has 7 nitrogen and oxygen atoms in total. The molecule has 7 heteroatoms. The molecule has 1 aliphatic heterocycles. The Hall–Kier alpha value is -3.19. The first-order chi connectivity index (χ1) is 14.8. The van der Waals surface area contributed by atoms with Crippen molar-refractivity contribution in [2.75, 3.05) is 31.6 Å². The number of carboxylic acid groups (broad SMARTS) is 2. The molecule has 0 radical (unpaired) electrons. The van der Waals surface area contributed by atoms with Crippen LogP contribution in [0, 0.1) is 5.92 Å². The molecule has 0 atom stereocenters. The van der Waals surface area contributed by atoms with Gasteiger partial charge >= 0.3 is 11.9 Å². The van der Waals surface area contributed by atoms with Gasteiger partial charge in [-0.2, -0.15) is 0 Å². The molecule has 31 heavy (non-hydrogen) atoms. The molecule has 0 unspecified atom stereocenters. The quantitative estimate of drug-likeness (QED) is 0.685. The summed E-state index contributed by atoms with van der Waals surface area (Å²) in [6, 6.07) is 14.5. The maximum absolute atomic E-state index is 12.9. The number of fused-ring (bicyclic) bond motifs is 1.